The second-order valence-electron chi connectivity index (χ2n) is 7.43. The molecule has 1 fully saturated rings. The number of halogens is 1. The van der Waals surface area contributed by atoms with Crippen molar-refractivity contribution in [3.05, 3.63) is 65.5 Å². The Bertz CT molecular complexity index is 727. The predicted molar refractivity (Wildman–Crippen MR) is 132 cm³/mol. The third kappa shape index (κ3) is 8.70. The van der Waals surface area contributed by atoms with Gasteiger partial charge in [-0.05, 0) is 49.2 Å². The van der Waals surface area contributed by atoms with Gasteiger partial charge in [0.2, 0.25) is 0 Å². The number of hydrogen-bond donors (Lipinski definition) is 2. The normalized spacial score (nSPS) is 15.3. The Labute approximate surface area is 192 Å². The molecule has 1 saturated heterocycles. The van der Waals surface area contributed by atoms with Gasteiger partial charge in [0.15, 0.2) is 5.96 Å². The number of rotatable bonds is 7. The molecule has 2 N–H and O–H groups in total. The number of nitrogens with one attached hydrogen (secondary N) is 2. The van der Waals surface area contributed by atoms with E-state index < -0.39 is 0 Å². The molecule has 0 saturated carbocycles. The van der Waals surface area contributed by atoms with Crippen LogP contribution in [0, 0.1) is 0 Å². The molecule has 6 heteroatoms. The maximum atomic E-state index is 4.35. The number of pyridine rings is 1. The van der Waals surface area contributed by atoms with Crippen LogP contribution in [0.1, 0.15) is 42.5 Å². The largest absolute Gasteiger partial charge is 0.356 e. The Kier molecular flexibility index (Phi) is 11.0. The average Bonchev–Trinajstić information content (AvgIpc) is 3.00. The molecule has 0 atom stereocenters. The number of aliphatic imine (C=N–C) groups is 1. The number of hydrogen-bond acceptors (Lipinski definition) is 3. The second kappa shape index (κ2) is 13.5. The summed E-state index contributed by atoms with van der Waals surface area (Å²) in [4.78, 5) is 11.3. The molecule has 0 unspecified atom stereocenters. The van der Waals surface area contributed by atoms with Crippen LogP contribution in [0.4, 0.5) is 0 Å². The van der Waals surface area contributed by atoms with Crippen LogP contribution in [0.2, 0.25) is 0 Å². The Hall–Kier alpha value is -1.67. The van der Waals surface area contributed by atoms with Gasteiger partial charge < -0.3 is 10.6 Å². The van der Waals surface area contributed by atoms with Crippen molar-refractivity contribution < 1.29 is 0 Å². The van der Waals surface area contributed by atoms with Crippen molar-refractivity contribution in [2.75, 3.05) is 26.7 Å². The molecule has 2 heterocycles. The molecule has 29 heavy (non-hydrogen) atoms. The van der Waals surface area contributed by atoms with Gasteiger partial charge in [-0.3, -0.25) is 14.9 Å². The Morgan fingerprint density at radius 1 is 1.00 bits per heavy atom. The first kappa shape index (κ1) is 23.6. The number of likely N-dealkylation sites (tertiary alicyclic amines) is 1. The van der Waals surface area contributed by atoms with Gasteiger partial charge in [-0.15, -0.1) is 24.0 Å². The molecule has 0 amide bonds. The molecule has 1 aromatic carbocycles. The van der Waals surface area contributed by atoms with Crippen molar-refractivity contribution in [1.82, 2.24) is 20.5 Å². The fourth-order valence-electron chi connectivity index (χ4n) is 3.65. The molecule has 1 aromatic heterocycles. The summed E-state index contributed by atoms with van der Waals surface area (Å²) in [6, 6.07) is 14.9. The minimum Gasteiger partial charge on any atom is -0.356 e. The first-order valence-corrected chi connectivity index (χ1v) is 10.5. The topological polar surface area (TPSA) is 52.6 Å². The fraction of sp³-hybridized carbons (Fsp3) is 0.478. The molecule has 2 aromatic rings. The third-order valence-electron chi connectivity index (χ3n) is 5.18. The highest BCUT2D eigenvalue weighted by molar-refractivity contribution is 14.0. The van der Waals surface area contributed by atoms with Crippen LogP contribution in [0.15, 0.2) is 53.7 Å². The number of aromatic nitrogens is 1. The van der Waals surface area contributed by atoms with Gasteiger partial charge >= 0.3 is 0 Å². The lowest BCUT2D eigenvalue weighted by Crippen LogP contribution is -2.37. The summed E-state index contributed by atoms with van der Waals surface area (Å²) < 4.78 is 0. The zero-order valence-corrected chi connectivity index (χ0v) is 19.8. The quantitative estimate of drug-likeness (QED) is 0.338. The van der Waals surface area contributed by atoms with E-state index in [1.165, 1.54) is 49.9 Å². The monoisotopic (exact) mass is 507 g/mol. The van der Waals surface area contributed by atoms with E-state index in [2.05, 4.69) is 49.8 Å². The predicted octanol–water partition coefficient (Wildman–Crippen LogP) is 3.98. The second-order valence-corrected chi connectivity index (χ2v) is 7.43. The lowest BCUT2D eigenvalue weighted by atomic mass is 10.1. The van der Waals surface area contributed by atoms with Crippen LogP contribution in [0.5, 0.6) is 0 Å². The van der Waals surface area contributed by atoms with Gasteiger partial charge in [0.25, 0.3) is 0 Å². The molecule has 0 radical (unpaired) electrons. The Balaban J connectivity index is 0.00000300. The zero-order valence-electron chi connectivity index (χ0n) is 17.4. The van der Waals surface area contributed by atoms with Crippen molar-refractivity contribution in [2.45, 2.75) is 45.2 Å². The highest BCUT2D eigenvalue weighted by Crippen LogP contribution is 2.14. The van der Waals surface area contributed by atoms with Gasteiger partial charge in [-0.2, -0.15) is 0 Å². The molecule has 1 aliphatic heterocycles. The van der Waals surface area contributed by atoms with Crippen LogP contribution in [0.25, 0.3) is 0 Å². The van der Waals surface area contributed by atoms with Crippen molar-refractivity contribution in [3.63, 3.8) is 0 Å². The third-order valence-corrected chi connectivity index (χ3v) is 5.18. The lowest BCUT2D eigenvalue weighted by Gasteiger charge is -2.20. The van der Waals surface area contributed by atoms with E-state index in [0.29, 0.717) is 0 Å². The van der Waals surface area contributed by atoms with Gasteiger partial charge in [0.05, 0.1) is 0 Å². The van der Waals surface area contributed by atoms with Gasteiger partial charge in [0.1, 0.15) is 0 Å². The maximum absolute atomic E-state index is 4.35. The van der Waals surface area contributed by atoms with Crippen molar-refractivity contribution >= 4 is 29.9 Å². The van der Waals surface area contributed by atoms with E-state index >= 15 is 0 Å². The first-order valence-electron chi connectivity index (χ1n) is 10.5. The number of benzene rings is 1. The summed E-state index contributed by atoms with van der Waals surface area (Å²) in [6.07, 6.45) is 8.15. The molecule has 0 aliphatic carbocycles. The smallest absolute Gasteiger partial charge is 0.191 e. The molecular formula is C23H34IN5. The van der Waals surface area contributed by atoms with Crippen LogP contribution in [0.3, 0.4) is 0 Å². The highest BCUT2D eigenvalue weighted by atomic mass is 127. The van der Waals surface area contributed by atoms with Crippen LogP contribution < -0.4 is 10.6 Å². The molecular weight excluding hydrogens is 473 g/mol. The van der Waals surface area contributed by atoms with Crippen LogP contribution in [-0.2, 0) is 19.5 Å². The minimum atomic E-state index is 0. The lowest BCUT2D eigenvalue weighted by molar-refractivity contribution is 0.277. The summed E-state index contributed by atoms with van der Waals surface area (Å²) in [5.74, 6) is 0.828. The summed E-state index contributed by atoms with van der Waals surface area (Å²) in [6.45, 7) is 5.11. The molecule has 0 spiro atoms. The van der Waals surface area contributed by atoms with Crippen molar-refractivity contribution in [2.24, 2.45) is 4.99 Å². The molecule has 3 rings (SSSR count). The Morgan fingerprint density at radius 3 is 2.52 bits per heavy atom. The molecule has 1 aliphatic rings. The molecule has 0 bridgehead atoms. The summed E-state index contributed by atoms with van der Waals surface area (Å²) in [7, 11) is 1.81. The van der Waals surface area contributed by atoms with E-state index in [0.717, 1.165) is 37.7 Å². The highest BCUT2D eigenvalue weighted by Gasteiger charge is 2.09. The standard InChI is InChI=1S/C23H33N5.HI/c1-24-23(26-14-12-22-11-4-5-13-25-22)27-18-20-9-8-10-21(17-20)19-28-15-6-2-3-7-16-28;/h4-5,8-11,13,17H,2-3,6-7,12,14-16,18-19H2,1H3,(H2,24,26,27);1H. The fourth-order valence-corrected chi connectivity index (χ4v) is 3.65. The zero-order chi connectivity index (χ0) is 19.4. The van der Waals surface area contributed by atoms with Gasteiger partial charge in [-0.1, -0.05) is 43.2 Å². The van der Waals surface area contributed by atoms with E-state index in [4.69, 9.17) is 0 Å². The van der Waals surface area contributed by atoms with E-state index in [9.17, 15) is 0 Å². The van der Waals surface area contributed by atoms with Crippen molar-refractivity contribution in [3.8, 4) is 0 Å². The number of guanidine groups is 1. The molecule has 5 nitrogen and oxygen atoms in total. The van der Waals surface area contributed by atoms with Crippen LogP contribution in [-0.4, -0.2) is 42.5 Å². The van der Waals surface area contributed by atoms with E-state index in [-0.39, 0.29) is 24.0 Å². The summed E-state index contributed by atoms with van der Waals surface area (Å²) >= 11 is 0. The van der Waals surface area contributed by atoms with Gasteiger partial charge in [-0.25, -0.2) is 0 Å². The SMILES string of the molecule is CN=C(NCCc1ccccn1)NCc1cccc(CN2CCCCCC2)c1.I. The van der Waals surface area contributed by atoms with Crippen LogP contribution >= 0.6 is 24.0 Å². The van der Waals surface area contributed by atoms with E-state index in [1.807, 2.05) is 31.4 Å². The maximum Gasteiger partial charge on any atom is 0.191 e. The van der Waals surface area contributed by atoms with Gasteiger partial charge in [0, 0.05) is 45.0 Å². The first-order chi connectivity index (χ1) is 13.8. The summed E-state index contributed by atoms with van der Waals surface area (Å²) in [5, 5.41) is 6.78. The molecule has 158 valence electrons. The minimum absolute atomic E-state index is 0. The van der Waals surface area contributed by atoms with E-state index in [1.54, 1.807) is 0 Å². The Morgan fingerprint density at radius 2 is 1.79 bits per heavy atom. The van der Waals surface area contributed by atoms with Crippen molar-refractivity contribution in [1.29, 1.82) is 0 Å². The summed E-state index contributed by atoms with van der Waals surface area (Å²) in [5.41, 5.74) is 3.78. The average molecular weight is 507 g/mol. The number of nitrogens with zero attached hydrogens (tertiary/aromatic N) is 3.